The molecule has 3 heteroatoms. The summed E-state index contributed by atoms with van der Waals surface area (Å²) in [6.45, 7) is 2.15. The Labute approximate surface area is 72.2 Å². The van der Waals surface area contributed by atoms with Gasteiger partial charge in [-0.3, -0.25) is 4.79 Å². The first-order valence-electron chi connectivity index (χ1n) is 4.65. The zero-order valence-electron chi connectivity index (χ0n) is 7.18. The van der Waals surface area contributed by atoms with Crippen LogP contribution in [0.25, 0.3) is 0 Å². The van der Waals surface area contributed by atoms with Crippen LogP contribution >= 0.6 is 0 Å². The highest BCUT2D eigenvalue weighted by Crippen LogP contribution is 2.51. The second-order valence-corrected chi connectivity index (χ2v) is 4.19. The molecule has 0 radical (unpaired) electrons. The van der Waals surface area contributed by atoms with Gasteiger partial charge in [-0.2, -0.15) is 0 Å². The molecule has 0 aromatic rings. The van der Waals surface area contributed by atoms with E-state index in [2.05, 4.69) is 5.32 Å². The van der Waals surface area contributed by atoms with Gasteiger partial charge in [0.05, 0.1) is 5.92 Å². The fraction of sp³-hybridized carbons (Fsp3) is 0.889. The summed E-state index contributed by atoms with van der Waals surface area (Å²) >= 11 is 0. The molecule has 1 saturated heterocycles. The number of rotatable bonds is 1. The molecule has 2 aliphatic rings. The van der Waals surface area contributed by atoms with Gasteiger partial charge in [-0.15, -0.1) is 0 Å². The summed E-state index contributed by atoms with van der Waals surface area (Å²) in [6, 6.07) is 0. The van der Waals surface area contributed by atoms with Crippen molar-refractivity contribution in [3.05, 3.63) is 0 Å². The minimum atomic E-state index is -0.598. The van der Waals surface area contributed by atoms with Crippen LogP contribution in [0.1, 0.15) is 25.7 Å². The van der Waals surface area contributed by atoms with E-state index in [4.69, 9.17) is 5.11 Å². The van der Waals surface area contributed by atoms with E-state index in [0.717, 1.165) is 25.9 Å². The third-order valence-electron chi connectivity index (χ3n) is 3.37. The summed E-state index contributed by atoms with van der Waals surface area (Å²) in [7, 11) is 0. The molecule has 12 heavy (non-hydrogen) atoms. The van der Waals surface area contributed by atoms with E-state index in [0.29, 0.717) is 5.41 Å². The van der Waals surface area contributed by atoms with Gasteiger partial charge >= 0.3 is 5.97 Å². The Hall–Kier alpha value is -0.570. The molecule has 2 rings (SSSR count). The van der Waals surface area contributed by atoms with E-state index >= 15 is 0 Å². The zero-order valence-corrected chi connectivity index (χ0v) is 7.18. The Balaban J connectivity index is 1.88. The van der Waals surface area contributed by atoms with E-state index in [-0.39, 0.29) is 5.92 Å². The average Bonchev–Trinajstić information content (AvgIpc) is 2.01. The number of piperidine rings is 1. The summed E-state index contributed by atoms with van der Waals surface area (Å²) < 4.78 is 0. The van der Waals surface area contributed by atoms with Gasteiger partial charge in [0, 0.05) is 0 Å². The number of carbonyl (C=O) groups is 1. The first-order valence-corrected chi connectivity index (χ1v) is 4.65. The standard InChI is InChI=1S/C9H15NO2/c11-8(12)7-5-9(6-7)1-3-10-4-2-9/h7,10H,1-6H2,(H,11,12). The number of hydrogen-bond donors (Lipinski definition) is 2. The third-order valence-corrected chi connectivity index (χ3v) is 3.37. The predicted octanol–water partition coefficient (Wildman–Crippen LogP) is 0.851. The van der Waals surface area contributed by atoms with E-state index < -0.39 is 5.97 Å². The number of carboxylic acids is 1. The molecule has 0 bridgehead atoms. The van der Waals surface area contributed by atoms with Crippen LogP contribution in [0.4, 0.5) is 0 Å². The number of aliphatic carboxylic acids is 1. The first kappa shape index (κ1) is 8.05. The Kier molecular flexibility index (Phi) is 1.83. The second-order valence-electron chi connectivity index (χ2n) is 4.19. The molecule has 0 aromatic carbocycles. The van der Waals surface area contributed by atoms with Crippen LogP contribution in [-0.4, -0.2) is 24.2 Å². The lowest BCUT2D eigenvalue weighted by molar-refractivity contribution is -0.151. The molecule has 0 unspecified atom stereocenters. The molecule has 1 aliphatic heterocycles. The normalized spacial score (nSPS) is 28.3. The van der Waals surface area contributed by atoms with Gasteiger partial charge in [-0.25, -0.2) is 0 Å². The largest absolute Gasteiger partial charge is 0.481 e. The molecule has 2 fully saturated rings. The molecule has 1 aliphatic carbocycles. The lowest BCUT2D eigenvalue weighted by Crippen LogP contribution is -2.47. The number of nitrogens with one attached hydrogen (secondary N) is 1. The van der Waals surface area contributed by atoms with Gasteiger partial charge in [0.25, 0.3) is 0 Å². The molecule has 1 spiro atoms. The van der Waals surface area contributed by atoms with Crippen molar-refractivity contribution in [3.8, 4) is 0 Å². The number of carboxylic acid groups (broad SMARTS) is 1. The van der Waals surface area contributed by atoms with Crippen LogP contribution in [0, 0.1) is 11.3 Å². The summed E-state index contributed by atoms with van der Waals surface area (Å²) in [5.74, 6) is -0.637. The van der Waals surface area contributed by atoms with Gasteiger partial charge in [-0.05, 0) is 44.2 Å². The van der Waals surface area contributed by atoms with Crippen LogP contribution in [0.3, 0.4) is 0 Å². The quantitative estimate of drug-likeness (QED) is 0.612. The Bertz CT molecular complexity index is 189. The van der Waals surface area contributed by atoms with Crippen LogP contribution in [-0.2, 0) is 4.79 Å². The Morgan fingerprint density at radius 3 is 2.42 bits per heavy atom. The fourth-order valence-electron chi connectivity index (χ4n) is 2.53. The van der Waals surface area contributed by atoms with Gasteiger partial charge in [-0.1, -0.05) is 0 Å². The van der Waals surface area contributed by atoms with Crippen molar-refractivity contribution in [3.63, 3.8) is 0 Å². The highest BCUT2D eigenvalue weighted by Gasteiger charge is 2.47. The minimum absolute atomic E-state index is 0.0388. The molecule has 3 nitrogen and oxygen atoms in total. The van der Waals surface area contributed by atoms with Gasteiger partial charge in [0.2, 0.25) is 0 Å². The topological polar surface area (TPSA) is 49.3 Å². The van der Waals surface area contributed by atoms with Crippen LogP contribution in [0.2, 0.25) is 0 Å². The van der Waals surface area contributed by atoms with E-state index in [1.165, 1.54) is 12.8 Å². The minimum Gasteiger partial charge on any atom is -0.481 e. The molecule has 0 amide bonds. The van der Waals surface area contributed by atoms with Gasteiger partial charge in [0.15, 0.2) is 0 Å². The van der Waals surface area contributed by atoms with E-state index in [9.17, 15) is 4.79 Å². The molecule has 2 N–H and O–H groups in total. The maximum Gasteiger partial charge on any atom is 0.306 e. The molecule has 68 valence electrons. The first-order chi connectivity index (χ1) is 5.72. The predicted molar refractivity (Wildman–Crippen MR) is 44.9 cm³/mol. The van der Waals surface area contributed by atoms with Gasteiger partial charge < -0.3 is 10.4 Å². The van der Waals surface area contributed by atoms with Crippen molar-refractivity contribution in [2.75, 3.05) is 13.1 Å². The summed E-state index contributed by atoms with van der Waals surface area (Å²) in [4.78, 5) is 10.6. The summed E-state index contributed by atoms with van der Waals surface area (Å²) in [5, 5.41) is 12.0. The maximum absolute atomic E-state index is 10.6. The third kappa shape index (κ3) is 1.22. The fourth-order valence-corrected chi connectivity index (χ4v) is 2.53. The Morgan fingerprint density at radius 2 is 1.92 bits per heavy atom. The maximum atomic E-state index is 10.6. The number of hydrogen-bond acceptors (Lipinski definition) is 2. The lowest BCUT2D eigenvalue weighted by atomic mass is 9.58. The molecule has 1 heterocycles. The highest BCUT2D eigenvalue weighted by molar-refractivity contribution is 5.71. The van der Waals surface area contributed by atoms with E-state index in [1.807, 2.05) is 0 Å². The van der Waals surface area contributed by atoms with E-state index in [1.54, 1.807) is 0 Å². The summed E-state index contributed by atoms with van der Waals surface area (Å²) in [5.41, 5.74) is 0.411. The molecule has 1 saturated carbocycles. The van der Waals surface area contributed by atoms with Crippen LogP contribution in [0.15, 0.2) is 0 Å². The SMILES string of the molecule is O=C(O)C1CC2(CCNCC2)C1. The monoisotopic (exact) mass is 169 g/mol. The molecular formula is C9H15NO2. The van der Waals surface area contributed by atoms with Gasteiger partial charge in [0.1, 0.15) is 0 Å². The molecule has 0 atom stereocenters. The van der Waals surface area contributed by atoms with Crippen molar-refractivity contribution in [2.45, 2.75) is 25.7 Å². The highest BCUT2D eigenvalue weighted by atomic mass is 16.4. The van der Waals surface area contributed by atoms with Crippen LogP contribution in [0.5, 0.6) is 0 Å². The molecular weight excluding hydrogens is 154 g/mol. The van der Waals surface area contributed by atoms with Crippen LogP contribution < -0.4 is 5.32 Å². The smallest absolute Gasteiger partial charge is 0.306 e. The molecule has 0 aromatic heterocycles. The lowest BCUT2D eigenvalue weighted by Gasteiger charge is -2.48. The second kappa shape index (κ2) is 2.73. The zero-order chi connectivity index (χ0) is 8.60. The summed E-state index contributed by atoms with van der Waals surface area (Å²) in [6.07, 6.45) is 4.20. The van der Waals surface area contributed by atoms with Crippen molar-refractivity contribution >= 4 is 5.97 Å². The van der Waals surface area contributed by atoms with Crippen molar-refractivity contribution in [1.82, 2.24) is 5.32 Å². The Morgan fingerprint density at radius 1 is 1.33 bits per heavy atom. The van der Waals surface area contributed by atoms with Crippen molar-refractivity contribution < 1.29 is 9.90 Å². The van der Waals surface area contributed by atoms with Crippen molar-refractivity contribution in [1.29, 1.82) is 0 Å². The average molecular weight is 169 g/mol. The van der Waals surface area contributed by atoms with Crippen molar-refractivity contribution in [2.24, 2.45) is 11.3 Å².